The van der Waals surface area contributed by atoms with Gasteiger partial charge in [-0.15, -0.1) is 11.3 Å². The van der Waals surface area contributed by atoms with E-state index in [4.69, 9.17) is 16.7 Å². The predicted molar refractivity (Wildman–Crippen MR) is 60.7 cm³/mol. The zero-order valence-electron chi connectivity index (χ0n) is 8.19. The van der Waals surface area contributed by atoms with Crippen molar-refractivity contribution in [3.05, 3.63) is 22.3 Å². The van der Waals surface area contributed by atoms with Gasteiger partial charge in [0.1, 0.15) is 20.4 Å². The first-order valence-corrected chi connectivity index (χ1v) is 5.51. The Morgan fingerprint density at radius 3 is 2.80 bits per heavy atom. The number of fused-ring (bicyclic) bond motifs is 1. The molecule has 2 aromatic heterocycles. The molecule has 80 valence electrons. The van der Waals surface area contributed by atoms with Crippen molar-refractivity contribution in [3.63, 3.8) is 0 Å². The molecule has 4 nitrogen and oxygen atoms in total. The highest BCUT2D eigenvalue weighted by molar-refractivity contribution is 7.20. The van der Waals surface area contributed by atoms with Gasteiger partial charge in [-0.2, -0.15) is 0 Å². The predicted octanol–water partition coefficient (Wildman–Crippen LogP) is 3.07. The van der Waals surface area contributed by atoms with Crippen LogP contribution >= 0.6 is 22.9 Å². The van der Waals surface area contributed by atoms with Crippen LogP contribution in [0.15, 0.2) is 12.3 Å². The van der Waals surface area contributed by atoms with Crippen molar-refractivity contribution in [2.75, 3.05) is 0 Å². The smallest absolute Gasteiger partial charge is 0.346 e. The molecule has 0 radical (unpaired) electrons. The second-order valence-corrected chi connectivity index (χ2v) is 3.72. The molecule has 0 aliphatic rings. The molecular formula is C9H9ClN2O2S. The van der Waals surface area contributed by atoms with Gasteiger partial charge in [-0.1, -0.05) is 25.4 Å². The normalized spacial score (nSPS) is 9.53. The summed E-state index contributed by atoms with van der Waals surface area (Å²) in [6, 6.07) is 1.46. The van der Waals surface area contributed by atoms with E-state index in [1.54, 1.807) is 0 Å². The number of hydrogen-bond donors (Lipinski definition) is 1. The van der Waals surface area contributed by atoms with Crippen LogP contribution in [0.1, 0.15) is 23.5 Å². The molecule has 0 atom stereocenters. The lowest BCUT2D eigenvalue weighted by atomic mass is 10.4. The molecule has 0 unspecified atom stereocenters. The van der Waals surface area contributed by atoms with Gasteiger partial charge in [-0.05, 0) is 6.07 Å². The van der Waals surface area contributed by atoms with Gasteiger partial charge in [-0.3, -0.25) is 0 Å². The van der Waals surface area contributed by atoms with Crippen LogP contribution < -0.4 is 0 Å². The van der Waals surface area contributed by atoms with Crippen LogP contribution in [0.5, 0.6) is 0 Å². The van der Waals surface area contributed by atoms with Crippen molar-refractivity contribution in [2.24, 2.45) is 0 Å². The molecule has 15 heavy (non-hydrogen) atoms. The molecule has 0 spiro atoms. The van der Waals surface area contributed by atoms with Gasteiger partial charge < -0.3 is 5.11 Å². The van der Waals surface area contributed by atoms with E-state index in [0.29, 0.717) is 10.3 Å². The van der Waals surface area contributed by atoms with Crippen molar-refractivity contribution in [1.82, 2.24) is 9.97 Å². The van der Waals surface area contributed by atoms with E-state index in [0.717, 1.165) is 11.3 Å². The summed E-state index contributed by atoms with van der Waals surface area (Å²) in [5.41, 5.74) is 0.523. The summed E-state index contributed by atoms with van der Waals surface area (Å²) in [7, 11) is 0. The summed E-state index contributed by atoms with van der Waals surface area (Å²) in [5, 5.41) is 8.94. The third-order valence-corrected chi connectivity index (χ3v) is 2.62. The lowest BCUT2D eigenvalue weighted by molar-refractivity contribution is 0.0702. The van der Waals surface area contributed by atoms with E-state index in [9.17, 15) is 4.79 Å². The lowest BCUT2D eigenvalue weighted by Crippen LogP contribution is -1.89. The summed E-state index contributed by atoms with van der Waals surface area (Å²) in [4.78, 5) is 19.3. The Hall–Kier alpha value is -1.20. The first-order valence-electron chi connectivity index (χ1n) is 4.32. The van der Waals surface area contributed by atoms with Crippen molar-refractivity contribution >= 4 is 39.3 Å². The Balaban J connectivity index is 0.000000531. The van der Waals surface area contributed by atoms with E-state index < -0.39 is 5.97 Å². The topological polar surface area (TPSA) is 63.1 Å². The van der Waals surface area contributed by atoms with Crippen molar-refractivity contribution < 1.29 is 9.90 Å². The highest BCUT2D eigenvalue weighted by Gasteiger charge is 2.09. The number of aromatic carboxylic acids is 1. The first-order chi connectivity index (χ1) is 7.16. The SMILES string of the molecule is CC.O=C(O)c1cc2nc(Cl)cnc2s1. The van der Waals surface area contributed by atoms with Crippen LogP contribution in [0, 0.1) is 0 Å². The molecule has 0 amide bonds. The molecule has 2 aromatic rings. The van der Waals surface area contributed by atoms with Crippen molar-refractivity contribution in [3.8, 4) is 0 Å². The Morgan fingerprint density at radius 1 is 1.53 bits per heavy atom. The average Bonchev–Trinajstić information content (AvgIpc) is 2.63. The quantitative estimate of drug-likeness (QED) is 0.837. The summed E-state index contributed by atoms with van der Waals surface area (Å²) >= 11 is 6.67. The minimum Gasteiger partial charge on any atom is -0.477 e. The van der Waals surface area contributed by atoms with Crippen molar-refractivity contribution in [2.45, 2.75) is 13.8 Å². The number of nitrogens with zero attached hydrogens (tertiary/aromatic N) is 2. The van der Waals surface area contributed by atoms with Crippen LogP contribution in [0.4, 0.5) is 0 Å². The van der Waals surface area contributed by atoms with Crippen molar-refractivity contribution in [1.29, 1.82) is 0 Å². The van der Waals surface area contributed by atoms with E-state index in [2.05, 4.69) is 9.97 Å². The molecule has 2 rings (SSSR count). The van der Waals surface area contributed by atoms with Gasteiger partial charge in [0.15, 0.2) is 0 Å². The number of rotatable bonds is 1. The van der Waals surface area contributed by atoms with Crippen LogP contribution in [-0.2, 0) is 0 Å². The molecule has 0 saturated heterocycles. The number of halogens is 1. The number of aromatic nitrogens is 2. The monoisotopic (exact) mass is 244 g/mol. The average molecular weight is 245 g/mol. The largest absolute Gasteiger partial charge is 0.477 e. The van der Waals surface area contributed by atoms with Crippen LogP contribution in [-0.4, -0.2) is 21.0 Å². The number of thiophene rings is 1. The summed E-state index contributed by atoms with van der Waals surface area (Å²) < 4.78 is 0. The standard InChI is InChI=1S/C7H3ClN2O2S.C2H6/c8-5-2-9-6-3(10-5)1-4(13-6)7(11)12;1-2/h1-2H,(H,11,12);1-2H3. The number of carboxylic acid groups (broad SMARTS) is 1. The second kappa shape index (κ2) is 5.04. The zero-order valence-corrected chi connectivity index (χ0v) is 9.76. The molecule has 6 heteroatoms. The minimum absolute atomic E-state index is 0.220. The number of carbonyl (C=O) groups is 1. The second-order valence-electron chi connectivity index (χ2n) is 2.30. The van der Waals surface area contributed by atoms with Gasteiger partial charge in [0, 0.05) is 0 Å². The molecule has 0 aromatic carbocycles. The maximum absolute atomic E-state index is 10.6. The highest BCUT2D eigenvalue weighted by Crippen LogP contribution is 2.22. The fourth-order valence-electron chi connectivity index (χ4n) is 0.906. The Kier molecular flexibility index (Phi) is 3.99. The molecule has 1 N–H and O–H groups in total. The fourth-order valence-corrected chi connectivity index (χ4v) is 1.83. The number of hydrogen-bond acceptors (Lipinski definition) is 4. The highest BCUT2D eigenvalue weighted by atomic mass is 35.5. The van der Waals surface area contributed by atoms with Crippen LogP contribution in [0.2, 0.25) is 5.15 Å². The van der Waals surface area contributed by atoms with E-state index in [1.807, 2.05) is 13.8 Å². The molecular weight excluding hydrogens is 236 g/mol. The van der Waals surface area contributed by atoms with Gasteiger partial charge in [-0.25, -0.2) is 14.8 Å². The maximum atomic E-state index is 10.6. The molecule has 0 aliphatic heterocycles. The molecule has 0 aliphatic carbocycles. The lowest BCUT2D eigenvalue weighted by Gasteiger charge is -1.86. The van der Waals surface area contributed by atoms with E-state index >= 15 is 0 Å². The Morgan fingerprint density at radius 2 is 2.20 bits per heavy atom. The molecule has 2 heterocycles. The first kappa shape index (κ1) is 11.9. The molecule has 0 saturated carbocycles. The molecule has 0 fully saturated rings. The summed E-state index contributed by atoms with van der Waals surface area (Å²) in [6.07, 6.45) is 1.39. The maximum Gasteiger partial charge on any atom is 0.346 e. The van der Waals surface area contributed by atoms with E-state index in [-0.39, 0.29) is 10.0 Å². The fraction of sp³-hybridized carbons (Fsp3) is 0.222. The van der Waals surface area contributed by atoms with Crippen LogP contribution in [0.3, 0.4) is 0 Å². The van der Waals surface area contributed by atoms with Gasteiger partial charge >= 0.3 is 5.97 Å². The van der Waals surface area contributed by atoms with Gasteiger partial charge in [0.25, 0.3) is 0 Å². The summed E-state index contributed by atoms with van der Waals surface area (Å²) in [5.74, 6) is -0.971. The Labute approximate surface area is 95.6 Å². The minimum atomic E-state index is -0.971. The summed E-state index contributed by atoms with van der Waals surface area (Å²) in [6.45, 7) is 4.00. The third-order valence-electron chi connectivity index (χ3n) is 1.42. The third kappa shape index (κ3) is 2.64. The molecule has 0 bridgehead atoms. The Bertz CT molecular complexity index is 484. The van der Waals surface area contributed by atoms with Gasteiger partial charge in [0.2, 0.25) is 0 Å². The van der Waals surface area contributed by atoms with E-state index in [1.165, 1.54) is 12.3 Å². The van der Waals surface area contributed by atoms with Gasteiger partial charge in [0.05, 0.1) is 6.20 Å². The van der Waals surface area contributed by atoms with Crippen LogP contribution in [0.25, 0.3) is 10.3 Å². The zero-order chi connectivity index (χ0) is 11.4. The number of carboxylic acids is 1.